The molecule has 1 aromatic rings. The van der Waals surface area contributed by atoms with Gasteiger partial charge < -0.3 is 10.2 Å². The number of benzene rings is 1. The van der Waals surface area contributed by atoms with Crippen LogP contribution in [0.5, 0.6) is 0 Å². The van der Waals surface area contributed by atoms with Crippen LogP contribution in [0.3, 0.4) is 0 Å². The fourth-order valence-corrected chi connectivity index (χ4v) is 2.69. The summed E-state index contributed by atoms with van der Waals surface area (Å²) < 4.78 is 0. The normalized spacial score (nSPS) is 16.4. The van der Waals surface area contributed by atoms with Crippen LogP contribution in [-0.2, 0) is 6.54 Å². The fraction of sp³-hybridized carbons (Fsp3) is 0.647. The summed E-state index contributed by atoms with van der Waals surface area (Å²) >= 11 is 0. The van der Waals surface area contributed by atoms with E-state index in [0.29, 0.717) is 5.92 Å². The van der Waals surface area contributed by atoms with Crippen LogP contribution in [0.1, 0.15) is 50.2 Å². The molecular weight excluding hydrogens is 232 g/mol. The second kappa shape index (κ2) is 7.66. The Morgan fingerprint density at radius 2 is 1.79 bits per heavy atom. The summed E-state index contributed by atoms with van der Waals surface area (Å²) in [5, 5.41) is 3.55. The molecule has 2 heteroatoms. The first-order chi connectivity index (χ1) is 9.25. The molecule has 1 aliphatic heterocycles. The maximum atomic E-state index is 3.55. The van der Waals surface area contributed by atoms with Gasteiger partial charge in [-0.3, -0.25) is 0 Å². The summed E-state index contributed by atoms with van der Waals surface area (Å²) in [4.78, 5) is 2.58. The van der Waals surface area contributed by atoms with E-state index in [1.54, 1.807) is 0 Å². The third kappa shape index (κ3) is 4.96. The Morgan fingerprint density at radius 3 is 2.42 bits per heavy atom. The van der Waals surface area contributed by atoms with Crippen LogP contribution in [-0.4, -0.2) is 31.1 Å². The van der Waals surface area contributed by atoms with Crippen LogP contribution in [0, 0.1) is 0 Å². The summed E-state index contributed by atoms with van der Waals surface area (Å²) in [6, 6.07) is 9.02. The number of rotatable bonds is 7. The van der Waals surface area contributed by atoms with E-state index in [4.69, 9.17) is 0 Å². The van der Waals surface area contributed by atoms with Gasteiger partial charge in [0.1, 0.15) is 0 Å². The highest BCUT2D eigenvalue weighted by atomic mass is 15.1. The van der Waals surface area contributed by atoms with Gasteiger partial charge in [0, 0.05) is 6.54 Å². The third-order valence-corrected chi connectivity index (χ3v) is 4.00. The molecular formula is C17H28N2. The Bertz CT molecular complexity index is 350. The summed E-state index contributed by atoms with van der Waals surface area (Å²) in [5.41, 5.74) is 2.82. The number of nitrogens with zero attached hydrogens (tertiary/aromatic N) is 1. The van der Waals surface area contributed by atoms with Gasteiger partial charge in [0.05, 0.1) is 0 Å². The van der Waals surface area contributed by atoms with E-state index in [2.05, 4.69) is 48.3 Å². The van der Waals surface area contributed by atoms with Gasteiger partial charge >= 0.3 is 0 Å². The highest BCUT2D eigenvalue weighted by Crippen LogP contribution is 2.14. The highest BCUT2D eigenvalue weighted by Gasteiger charge is 2.09. The van der Waals surface area contributed by atoms with Gasteiger partial charge in [-0.2, -0.15) is 0 Å². The SMILES string of the molecule is CC(C)c1ccc(CNCCCN2CCCC2)cc1. The molecule has 0 bridgehead atoms. The standard InChI is InChI=1S/C17H28N2/c1-15(2)17-8-6-16(7-9-17)14-18-10-5-13-19-11-3-4-12-19/h6-9,15,18H,3-5,10-14H2,1-2H3. The first kappa shape index (κ1) is 14.5. The molecule has 0 aromatic heterocycles. The van der Waals surface area contributed by atoms with Crippen LogP contribution < -0.4 is 5.32 Å². The van der Waals surface area contributed by atoms with E-state index in [0.717, 1.165) is 13.1 Å². The monoisotopic (exact) mass is 260 g/mol. The Labute approximate surface area is 118 Å². The zero-order valence-electron chi connectivity index (χ0n) is 12.5. The molecule has 0 unspecified atom stereocenters. The average Bonchev–Trinajstić information content (AvgIpc) is 2.92. The Morgan fingerprint density at radius 1 is 1.11 bits per heavy atom. The summed E-state index contributed by atoms with van der Waals surface area (Å²) in [6.45, 7) is 10.5. The quantitative estimate of drug-likeness (QED) is 0.756. The van der Waals surface area contributed by atoms with Crippen LogP contribution in [0.2, 0.25) is 0 Å². The van der Waals surface area contributed by atoms with Gasteiger partial charge in [-0.15, -0.1) is 0 Å². The smallest absolute Gasteiger partial charge is 0.0205 e. The Kier molecular flexibility index (Phi) is 5.87. The minimum atomic E-state index is 0.627. The van der Waals surface area contributed by atoms with E-state index >= 15 is 0 Å². The molecule has 0 amide bonds. The number of hydrogen-bond donors (Lipinski definition) is 1. The lowest BCUT2D eigenvalue weighted by molar-refractivity contribution is 0.331. The predicted octanol–water partition coefficient (Wildman–Crippen LogP) is 3.39. The molecule has 1 saturated heterocycles. The molecule has 0 radical (unpaired) electrons. The van der Waals surface area contributed by atoms with Crippen molar-refractivity contribution < 1.29 is 0 Å². The maximum absolute atomic E-state index is 3.55. The van der Waals surface area contributed by atoms with Crippen LogP contribution in [0.15, 0.2) is 24.3 Å². The van der Waals surface area contributed by atoms with Crippen molar-refractivity contribution in [2.45, 2.75) is 45.6 Å². The van der Waals surface area contributed by atoms with Crippen molar-refractivity contribution >= 4 is 0 Å². The molecule has 0 spiro atoms. The lowest BCUT2D eigenvalue weighted by Gasteiger charge is -2.14. The maximum Gasteiger partial charge on any atom is 0.0205 e. The van der Waals surface area contributed by atoms with Gasteiger partial charge in [-0.05, 0) is 62.5 Å². The van der Waals surface area contributed by atoms with Crippen molar-refractivity contribution in [1.82, 2.24) is 10.2 Å². The lowest BCUT2D eigenvalue weighted by Crippen LogP contribution is -2.24. The summed E-state index contributed by atoms with van der Waals surface area (Å²) in [7, 11) is 0. The largest absolute Gasteiger partial charge is 0.313 e. The van der Waals surface area contributed by atoms with Crippen molar-refractivity contribution in [3.63, 3.8) is 0 Å². The van der Waals surface area contributed by atoms with Crippen molar-refractivity contribution in [3.05, 3.63) is 35.4 Å². The first-order valence-electron chi connectivity index (χ1n) is 7.77. The zero-order chi connectivity index (χ0) is 13.5. The van der Waals surface area contributed by atoms with E-state index in [1.165, 1.54) is 50.0 Å². The summed E-state index contributed by atoms with van der Waals surface area (Å²) in [6.07, 6.45) is 4.06. The molecule has 106 valence electrons. The molecule has 1 aliphatic rings. The van der Waals surface area contributed by atoms with E-state index in [9.17, 15) is 0 Å². The van der Waals surface area contributed by atoms with Crippen molar-refractivity contribution in [1.29, 1.82) is 0 Å². The molecule has 1 fully saturated rings. The zero-order valence-corrected chi connectivity index (χ0v) is 12.5. The molecule has 1 aromatic carbocycles. The Hall–Kier alpha value is -0.860. The fourth-order valence-electron chi connectivity index (χ4n) is 2.69. The molecule has 1 N–H and O–H groups in total. The topological polar surface area (TPSA) is 15.3 Å². The molecule has 0 aliphatic carbocycles. The lowest BCUT2D eigenvalue weighted by atomic mass is 10.0. The van der Waals surface area contributed by atoms with E-state index < -0.39 is 0 Å². The number of nitrogens with one attached hydrogen (secondary N) is 1. The van der Waals surface area contributed by atoms with Crippen LogP contribution in [0.4, 0.5) is 0 Å². The van der Waals surface area contributed by atoms with Gasteiger partial charge in [-0.25, -0.2) is 0 Å². The molecule has 1 heterocycles. The van der Waals surface area contributed by atoms with Gasteiger partial charge in [0.25, 0.3) is 0 Å². The average molecular weight is 260 g/mol. The second-order valence-corrected chi connectivity index (χ2v) is 5.98. The van der Waals surface area contributed by atoms with Crippen molar-refractivity contribution in [2.24, 2.45) is 0 Å². The van der Waals surface area contributed by atoms with Crippen molar-refractivity contribution in [3.8, 4) is 0 Å². The first-order valence-corrected chi connectivity index (χ1v) is 7.77. The third-order valence-electron chi connectivity index (χ3n) is 4.00. The molecule has 2 rings (SSSR count). The van der Waals surface area contributed by atoms with Gasteiger partial charge in [0.15, 0.2) is 0 Å². The molecule has 19 heavy (non-hydrogen) atoms. The Balaban J connectivity index is 1.59. The second-order valence-electron chi connectivity index (χ2n) is 5.98. The van der Waals surface area contributed by atoms with Crippen molar-refractivity contribution in [2.75, 3.05) is 26.2 Å². The molecule has 2 nitrogen and oxygen atoms in total. The number of hydrogen-bond acceptors (Lipinski definition) is 2. The van der Waals surface area contributed by atoms with E-state index in [1.807, 2.05) is 0 Å². The van der Waals surface area contributed by atoms with E-state index in [-0.39, 0.29) is 0 Å². The summed E-state index contributed by atoms with van der Waals surface area (Å²) in [5.74, 6) is 0.627. The molecule has 0 atom stereocenters. The minimum absolute atomic E-state index is 0.627. The minimum Gasteiger partial charge on any atom is -0.313 e. The van der Waals surface area contributed by atoms with Crippen LogP contribution >= 0.6 is 0 Å². The number of likely N-dealkylation sites (tertiary alicyclic amines) is 1. The van der Waals surface area contributed by atoms with Crippen LogP contribution in [0.25, 0.3) is 0 Å². The van der Waals surface area contributed by atoms with Gasteiger partial charge in [0.2, 0.25) is 0 Å². The predicted molar refractivity (Wildman–Crippen MR) is 82.5 cm³/mol. The highest BCUT2D eigenvalue weighted by molar-refractivity contribution is 5.24. The van der Waals surface area contributed by atoms with Gasteiger partial charge in [-0.1, -0.05) is 38.1 Å². The molecule has 0 saturated carbocycles.